The van der Waals surface area contributed by atoms with Crippen molar-refractivity contribution < 1.29 is 19.4 Å². The number of amides is 1. The van der Waals surface area contributed by atoms with Crippen LogP contribution in [0.3, 0.4) is 0 Å². The van der Waals surface area contributed by atoms with Crippen LogP contribution >= 0.6 is 0 Å². The maximum Gasteiger partial charge on any atom is 0.303 e. The average Bonchev–Trinajstić information content (AvgIpc) is 2.81. The molecule has 1 aliphatic rings. The molecule has 21 heavy (non-hydrogen) atoms. The van der Waals surface area contributed by atoms with Crippen molar-refractivity contribution in [3.8, 4) is 0 Å². The van der Waals surface area contributed by atoms with Gasteiger partial charge in [-0.2, -0.15) is 0 Å². The summed E-state index contributed by atoms with van der Waals surface area (Å²) in [6.07, 6.45) is 5.07. The van der Waals surface area contributed by atoms with E-state index in [1.807, 2.05) is 0 Å². The zero-order valence-electron chi connectivity index (χ0n) is 13.5. The fourth-order valence-corrected chi connectivity index (χ4v) is 3.07. The lowest BCUT2D eigenvalue weighted by Crippen LogP contribution is -2.37. The van der Waals surface area contributed by atoms with E-state index < -0.39 is 5.97 Å². The molecule has 1 saturated carbocycles. The van der Waals surface area contributed by atoms with E-state index in [-0.39, 0.29) is 23.2 Å². The van der Waals surface area contributed by atoms with Gasteiger partial charge in [-0.15, -0.1) is 0 Å². The van der Waals surface area contributed by atoms with E-state index in [2.05, 4.69) is 19.2 Å². The minimum absolute atomic E-state index is 0.0126. The van der Waals surface area contributed by atoms with E-state index in [1.165, 1.54) is 0 Å². The summed E-state index contributed by atoms with van der Waals surface area (Å²) in [4.78, 5) is 23.2. The number of nitrogens with one attached hydrogen (secondary N) is 1. The quantitative estimate of drug-likeness (QED) is 0.686. The number of methoxy groups -OCH3 is 1. The lowest BCUT2D eigenvalue weighted by Gasteiger charge is -2.28. The Morgan fingerprint density at radius 3 is 2.38 bits per heavy atom. The molecule has 0 aromatic rings. The lowest BCUT2D eigenvalue weighted by atomic mass is 9.79. The summed E-state index contributed by atoms with van der Waals surface area (Å²) in [5.74, 6) is -0.825. The average molecular weight is 299 g/mol. The number of carboxylic acid groups (broad SMARTS) is 1. The highest BCUT2D eigenvalue weighted by Gasteiger charge is 2.38. The van der Waals surface area contributed by atoms with Crippen molar-refractivity contribution in [1.82, 2.24) is 5.32 Å². The van der Waals surface area contributed by atoms with Crippen LogP contribution in [0, 0.1) is 10.8 Å². The predicted molar refractivity (Wildman–Crippen MR) is 81.1 cm³/mol. The molecule has 0 aromatic heterocycles. The molecule has 1 fully saturated rings. The first-order valence-corrected chi connectivity index (χ1v) is 7.76. The van der Waals surface area contributed by atoms with Crippen LogP contribution in [0.4, 0.5) is 0 Å². The predicted octanol–water partition coefficient (Wildman–Crippen LogP) is 2.59. The normalized spacial score (nSPS) is 17.7. The van der Waals surface area contributed by atoms with Crippen molar-refractivity contribution in [1.29, 1.82) is 0 Å². The largest absolute Gasteiger partial charge is 0.481 e. The number of hydrogen-bond acceptors (Lipinski definition) is 3. The minimum Gasteiger partial charge on any atom is -0.481 e. The molecule has 2 N–H and O–H groups in total. The fraction of sp³-hybridized carbons (Fsp3) is 0.875. The highest BCUT2D eigenvalue weighted by atomic mass is 16.5. The number of hydrogen-bond donors (Lipinski definition) is 2. The Labute approximate surface area is 127 Å². The SMILES string of the molecule is COCCC(C)(C)CNC(=O)CC1(CC(=O)O)CCCC1. The highest BCUT2D eigenvalue weighted by molar-refractivity contribution is 5.78. The Morgan fingerprint density at radius 1 is 1.24 bits per heavy atom. The lowest BCUT2D eigenvalue weighted by molar-refractivity contribution is -0.140. The molecule has 1 aliphatic carbocycles. The second kappa shape index (κ2) is 7.78. The van der Waals surface area contributed by atoms with E-state index in [1.54, 1.807) is 7.11 Å². The van der Waals surface area contributed by atoms with Crippen LogP contribution < -0.4 is 5.32 Å². The van der Waals surface area contributed by atoms with Crippen molar-refractivity contribution in [2.24, 2.45) is 10.8 Å². The van der Waals surface area contributed by atoms with Gasteiger partial charge in [0.25, 0.3) is 0 Å². The van der Waals surface area contributed by atoms with Crippen LogP contribution in [0.2, 0.25) is 0 Å². The highest BCUT2D eigenvalue weighted by Crippen LogP contribution is 2.44. The first-order chi connectivity index (χ1) is 9.79. The van der Waals surface area contributed by atoms with Gasteiger partial charge < -0.3 is 15.2 Å². The van der Waals surface area contributed by atoms with Crippen molar-refractivity contribution in [3.63, 3.8) is 0 Å². The van der Waals surface area contributed by atoms with Crippen LogP contribution in [-0.2, 0) is 14.3 Å². The molecular formula is C16H29NO4. The van der Waals surface area contributed by atoms with Crippen LogP contribution in [0.1, 0.15) is 58.8 Å². The summed E-state index contributed by atoms with van der Waals surface area (Å²) in [7, 11) is 1.67. The van der Waals surface area contributed by atoms with Crippen molar-refractivity contribution in [3.05, 3.63) is 0 Å². The second-order valence-electron chi connectivity index (χ2n) is 7.14. The van der Waals surface area contributed by atoms with Crippen LogP contribution in [-0.4, -0.2) is 37.2 Å². The molecule has 0 saturated heterocycles. The number of rotatable bonds is 9. The molecule has 122 valence electrons. The summed E-state index contributed by atoms with van der Waals surface area (Å²) in [6.45, 7) is 5.45. The van der Waals surface area contributed by atoms with Gasteiger partial charge in [-0.1, -0.05) is 26.7 Å². The first-order valence-electron chi connectivity index (χ1n) is 7.76. The van der Waals surface area contributed by atoms with Crippen LogP contribution in [0.25, 0.3) is 0 Å². The fourth-order valence-electron chi connectivity index (χ4n) is 3.07. The summed E-state index contributed by atoms with van der Waals surface area (Å²) in [6, 6.07) is 0. The number of carboxylic acids is 1. The van der Waals surface area contributed by atoms with Gasteiger partial charge in [-0.05, 0) is 30.1 Å². The summed E-state index contributed by atoms with van der Waals surface area (Å²) in [5, 5.41) is 12.0. The molecule has 5 heteroatoms. The topological polar surface area (TPSA) is 75.6 Å². The molecule has 1 rings (SSSR count). The minimum atomic E-state index is -0.801. The standard InChI is InChI=1S/C16H29NO4/c1-15(2,8-9-21-3)12-17-13(18)10-16(11-14(19)20)6-4-5-7-16/h4-12H2,1-3H3,(H,17,18)(H,19,20). The van der Waals surface area contributed by atoms with Crippen molar-refractivity contribution in [2.75, 3.05) is 20.3 Å². The smallest absolute Gasteiger partial charge is 0.303 e. The maximum absolute atomic E-state index is 12.2. The van der Waals surface area contributed by atoms with Gasteiger partial charge in [0.2, 0.25) is 5.91 Å². The van der Waals surface area contributed by atoms with Gasteiger partial charge in [-0.3, -0.25) is 9.59 Å². The monoisotopic (exact) mass is 299 g/mol. The van der Waals surface area contributed by atoms with Gasteiger partial charge in [0.05, 0.1) is 6.42 Å². The van der Waals surface area contributed by atoms with Crippen molar-refractivity contribution >= 4 is 11.9 Å². The molecule has 0 bridgehead atoms. The molecule has 0 aliphatic heterocycles. The Balaban J connectivity index is 2.46. The Hall–Kier alpha value is -1.10. The number of carbonyl (C=O) groups excluding carboxylic acids is 1. The van der Waals surface area contributed by atoms with Gasteiger partial charge >= 0.3 is 5.97 Å². The molecule has 5 nitrogen and oxygen atoms in total. The Bertz CT molecular complexity index is 359. The zero-order chi connectivity index (χ0) is 15.9. The first kappa shape index (κ1) is 18.0. The molecule has 0 spiro atoms. The third-order valence-corrected chi connectivity index (χ3v) is 4.47. The van der Waals surface area contributed by atoms with Crippen molar-refractivity contribution in [2.45, 2.75) is 58.8 Å². The molecular weight excluding hydrogens is 270 g/mol. The Kier molecular flexibility index (Phi) is 6.65. The van der Waals surface area contributed by atoms with Gasteiger partial charge in [0, 0.05) is 26.7 Å². The zero-order valence-corrected chi connectivity index (χ0v) is 13.5. The summed E-state index contributed by atoms with van der Waals surface area (Å²) >= 11 is 0. The van der Waals surface area contributed by atoms with E-state index in [0.717, 1.165) is 32.1 Å². The number of ether oxygens (including phenoxy) is 1. The molecule has 0 atom stereocenters. The molecule has 0 aromatic carbocycles. The second-order valence-corrected chi connectivity index (χ2v) is 7.14. The maximum atomic E-state index is 12.2. The van der Waals surface area contributed by atoms with Gasteiger partial charge in [0.15, 0.2) is 0 Å². The molecule has 0 unspecified atom stereocenters. The molecule has 0 radical (unpaired) electrons. The van der Waals surface area contributed by atoms with E-state index in [4.69, 9.17) is 9.84 Å². The summed E-state index contributed by atoms with van der Waals surface area (Å²) < 4.78 is 5.07. The van der Waals surface area contributed by atoms with Crippen LogP contribution in [0.15, 0.2) is 0 Å². The van der Waals surface area contributed by atoms with Gasteiger partial charge in [0.1, 0.15) is 0 Å². The third-order valence-electron chi connectivity index (χ3n) is 4.47. The number of aliphatic carboxylic acids is 1. The number of carbonyl (C=O) groups is 2. The third kappa shape index (κ3) is 6.46. The van der Waals surface area contributed by atoms with E-state index in [9.17, 15) is 9.59 Å². The van der Waals surface area contributed by atoms with E-state index >= 15 is 0 Å². The summed E-state index contributed by atoms with van der Waals surface area (Å²) in [5.41, 5.74) is -0.339. The Morgan fingerprint density at radius 2 is 1.86 bits per heavy atom. The molecule has 0 heterocycles. The van der Waals surface area contributed by atoms with E-state index in [0.29, 0.717) is 19.6 Å². The van der Waals surface area contributed by atoms with Crippen LogP contribution in [0.5, 0.6) is 0 Å². The van der Waals surface area contributed by atoms with Gasteiger partial charge in [-0.25, -0.2) is 0 Å². The molecule has 1 amide bonds.